The van der Waals surface area contributed by atoms with Crippen LogP contribution >= 0.6 is 28.1 Å². The second-order valence-electron chi connectivity index (χ2n) is 5.21. The number of rotatable bonds is 2. The molecule has 0 fully saturated rings. The normalized spacial score (nSPS) is 10.4. The zero-order chi connectivity index (χ0) is 17.1. The van der Waals surface area contributed by atoms with Gasteiger partial charge in [-0.3, -0.25) is 10.1 Å². The van der Waals surface area contributed by atoms with Crippen molar-refractivity contribution in [1.82, 2.24) is 10.3 Å². The number of amides is 1. The maximum atomic E-state index is 12.6. The standard InChI is InChI=1S/C18H14BrN3OS/c1-11-5-2-10-16(20-11)21-18(24)22-17(23)14-8-3-7-13-12(14)6-4-9-15(13)19/h2-10H,1H3,(H2,20,21,22,23,24). The molecule has 2 N–H and O–H groups in total. The summed E-state index contributed by atoms with van der Waals surface area (Å²) in [4.78, 5) is 16.9. The molecule has 1 aromatic heterocycles. The molecule has 4 nitrogen and oxygen atoms in total. The number of pyridine rings is 1. The van der Waals surface area contributed by atoms with Crippen molar-refractivity contribution >= 4 is 55.8 Å². The first kappa shape index (κ1) is 16.5. The number of nitrogens with zero attached hydrogens (tertiary/aromatic N) is 1. The van der Waals surface area contributed by atoms with Gasteiger partial charge in [0, 0.05) is 15.7 Å². The highest BCUT2D eigenvalue weighted by atomic mass is 79.9. The molecule has 24 heavy (non-hydrogen) atoms. The third kappa shape index (κ3) is 3.60. The molecule has 3 rings (SSSR count). The first-order valence-corrected chi connectivity index (χ1v) is 8.48. The van der Waals surface area contributed by atoms with Crippen LogP contribution in [0.1, 0.15) is 16.1 Å². The van der Waals surface area contributed by atoms with E-state index in [1.807, 2.05) is 49.4 Å². The maximum Gasteiger partial charge on any atom is 0.258 e. The van der Waals surface area contributed by atoms with Crippen molar-refractivity contribution in [2.45, 2.75) is 6.92 Å². The van der Waals surface area contributed by atoms with Crippen LogP contribution in [-0.4, -0.2) is 16.0 Å². The number of hydrogen-bond acceptors (Lipinski definition) is 3. The Balaban J connectivity index is 1.80. The second-order valence-corrected chi connectivity index (χ2v) is 6.48. The van der Waals surface area contributed by atoms with Gasteiger partial charge in [-0.2, -0.15) is 0 Å². The molecule has 0 unspecified atom stereocenters. The summed E-state index contributed by atoms with van der Waals surface area (Å²) in [5, 5.41) is 7.68. The summed E-state index contributed by atoms with van der Waals surface area (Å²) in [7, 11) is 0. The van der Waals surface area contributed by atoms with Crippen molar-refractivity contribution in [2.24, 2.45) is 0 Å². The number of aromatic nitrogens is 1. The fraction of sp³-hybridized carbons (Fsp3) is 0.0556. The van der Waals surface area contributed by atoms with Crippen LogP contribution in [0.15, 0.2) is 59.1 Å². The monoisotopic (exact) mass is 399 g/mol. The predicted octanol–water partition coefficient (Wildman–Crippen LogP) is 4.43. The highest BCUT2D eigenvalue weighted by Gasteiger charge is 2.12. The Morgan fingerprint density at radius 2 is 1.75 bits per heavy atom. The average Bonchev–Trinajstić information content (AvgIpc) is 2.54. The number of fused-ring (bicyclic) bond motifs is 1. The summed E-state index contributed by atoms with van der Waals surface area (Å²) in [6, 6.07) is 16.9. The second kappa shape index (κ2) is 7.07. The van der Waals surface area contributed by atoms with Crippen LogP contribution in [0, 0.1) is 6.92 Å². The lowest BCUT2D eigenvalue weighted by molar-refractivity contribution is 0.0979. The van der Waals surface area contributed by atoms with Crippen LogP contribution in [0.4, 0.5) is 5.82 Å². The topological polar surface area (TPSA) is 54.0 Å². The Morgan fingerprint density at radius 1 is 1.04 bits per heavy atom. The maximum absolute atomic E-state index is 12.6. The Labute approximate surface area is 153 Å². The van der Waals surface area contributed by atoms with Crippen LogP contribution in [0.2, 0.25) is 0 Å². The van der Waals surface area contributed by atoms with E-state index in [4.69, 9.17) is 12.2 Å². The Morgan fingerprint density at radius 3 is 2.54 bits per heavy atom. The zero-order valence-electron chi connectivity index (χ0n) is 12.8. The van der Waals surface area contributed by atoms with Gasteiger partial charge in [0.2, 0.25) is 0 Å². The summed E-state index contributed by atoms with van der Waals surface area (Å²) in [6.07, 6.45) is 0. The molecule has 2 aromatic carbocycles. The lowest BCUT2D eigenvalue weighted by Crippen LogP contribution is -2.34. The molecule has 120 valence electrons. The molecule has 0 aliphatic rings. The van der Waals surface area contributed by atoms with E-state index in [-0.39, 0.29) is 11.0 Å². The molecule has 0 radical (unpaired) electrons. The van der Waals surface area contributed by atoms with Gasteiger partial charge in [-0.25, -0.2) is 4.98 Å². The molecular weight excluding hydrogens is 386 g/mol. The molecule has 6 heteroatoms. The van der Waals surface area contributed by atoms with Gasteiger partial charge in [-0.1, -0.05) is 46.3 Å². The average molecular weight is 400 g/mol. The van der Waals surface area contributed by atoms with Crippen molar-refractivity contribution in [3.63, 3.8) is 0 Å². The summed E-state index contributed by atoms with van der Waals surface area (Å²) < 4.78 is 0.944. The molecule has 0 atom stereocenters. The van der Waals surface area contributed by atoms with Crippen molar-refractivity contribution in [3.05, 3.63) is 70.3 Å². The number of carbonyl (C=O) groups is 1. The van der Waals surface area contributed by atoms with Crippen LogP contribution in [0.3, 0.4) is 0 Å². The number of hydrogen-bond donors (Lipinski definition) is 2. The quantitative estimate of drug-likeness (QED) is 0.625. The largest absolute Gasteiger partial charge is 0.317 e. The van der Waals surface area contributed by atoms with Crippen molar-refractivity contribution < 1.29 is 4.79 Å². The molecule has 0 aliphatic heterocycles. The molecule has 1 heterocycles. The van der Waals surface area contributed by atoms with Crippen molar-refractivity contribution in [2.75, 3.05) is 5.32 Å². The Bertz CT molecular complexity index is 942. The number of carbonyl (C=O) groups excluding carboxylic acids is 1. The van der Waals surface area contributed by atoms with Gasteiger partial charge in [-0.05, 0) is 54.2 Å². The summed E-state index contributed by atoms with van der Waals surface area (Å²) in [5.74, 6) is 0.338. The highest BCUT2D eigenvalue weighted by Crippen LogP contribution is 2.26. The third-order valence-corrected chi connectivity index (χ3v) is 4.37. The van der Waals surface area contributed by atoms with E-state index in [0.717, 1.165) is 20.9 Å². The summed E-state index contributed by atoms with van der Waals surface area (Å²) >= 11 is 8.72. The van der Waals surface area contributed by atoms with Gasteiger partial charge in [-0.15, -0.1) is 0 Å². The number of thiocarbonyl (C=S) groups is 1. The lowest BCUT2D eigenvalue weighted by Gasteiger charge is -2.11. The van der Waals surface area contributed by atoms with E-state index in [1.165, 1.54) is 0 Å². The summed E-state index contributed by atoms with van der Waals surface area (Å²) in [5.41, 5.74) is 1.43. The van der Waals surface area contributed by atoms with Gasteiger partial charge < -0.3 is 5.32 Å². The van der Waals surface area contributed by atoms with Crippen LogP contribution in [-0.2, 0) is 0 Å². The molecule has 0 saturated heterocycles. The van der Waals surface area contributed by atoms with Crippen molar-refractivity contribution in [1.29, 1.82) is 0 Å². The Hall–Kier alpha value is -2.31. The number of halogens is 1. The molecule has 1 amide bonds. The van der Waals surface area contributed by atoms with Crippen LogP contribution in [0.25, 0.3) is 10.8 Å². The van der Waals surface area contributed by atoms with Crippen LogP contribution < -0.4 is 10.6 Å². The fourth-order valence-corrected chi connectivity index (χ4v) is 3.10. The van der Waals surface area contributed by atoms with Gasteiger partial charge in [0.25, 0.3) is 5.91 Å². The molecular formula is C18H14BrN3OS. The van der Waals surface area contributed by atoms with E-state index in [1.54, 1.807) is 12.1 Å². The SMILES string of the molecule is Cc1cccc(NC(=S)NC(=O)c2cccc3c(Br)cccc23)n1. The van der Waals surface area contributed by atoms with E-state index < -0.39 is 0 Å². The van der Waals surface area contributed by atoms with E-state index in [0.29, 0.717) is 11.4 Å². The lowest BCUT2D eigenvalue weighted by atomic mass is 10.0. The van der Waals surface area contributed by atoms with Gasteiger partial charge in [0.15, 0.2) is 5.11 Å². The predicted molar refractivity (Wildman–Crippen MR) is 104 cm³/mol. The number of aryl methyl sites for hydroxylation is 1. The van der Waals surface area contributed by atoms with Crippen molar-refractivity contribution in [3.8, 4) is 0 Å². The van der Waals surface area contributed by atoms with E-state index in [9.17, 15) is 4.79 Å². The van der Waals surface area contributed by atoms with E-state index in [2.05, 4.69) is 31.5 Å². The number of nitrogens with one attached hydrogen (secondary N) is 2. The Kier molecular flexibility index (Phi) is 4.87. The molecule has 0 aliphatic carbocycles. The van der Waals surface area contributed by atoms with Gasteiger partial charge in [0.05, 0.1) is 0 Å². The summed E-state index contributed by atoms with van der Waals surface area (Å²) in [6.45, 7) is 1.89. The number of anilines is 1. The first-order chi connectivity index (χ1) is 11.5. The third-order valence-electron chi connectivity index (χ3n) is 3.47. The van der Waals surface area contributed by atoms with Crippen LogP contribution in [0.5, 0.6) is 0 Å². The first-order valence-electron chi connectivity index (χ1n) is 7.28. The van der Waals surface area contributed by atoms with Gasteiger partial charge >= 0.3 is 0 Å². The van der Waals surface area contributed by atoms with E-state index >= 15 is 0 Å². The minimum Gasteiger partial charge on any atom is -0.317 e. The number of benzene rings is 2. The molecule has 0 spiro atoms. The fourth-order valence-electron chi connectivity index (χ4n) is 2.40. The zero-order valence-corrected chi connectivity index (χ0v) is 15.2. The van der Waals surface area contributed by atoms with Gasteiger partial charge in [0.1, 0.15) is 5.82 Å². The highest BCUT2D eigenvalue weighted by molar-refractivity contribution is 9.10. The minimum atomic E-state index is -0.260. The minimum absolute atomic E-state index is 0.213. The molecule has 0 saturated carbocycles. The molecule has 3 aromatic rings. The smallest absolute Gasteiger partial charge is 0.258 e. The molecule has 0 bridgehead atoms.